The first-order valence-electron chi connectivity index (χ1n) is 6.79. The Bertz CT molecular complexity index is 245. The van der Waals surface area contributed by atoms with Crippen LogP contribution in [0.2, 0.25) is 0 Å². The van der Waals surface area contributed by atoms with E-state index in [0.29, 0.717) is 12.6 Å². The molecular weight excluding hydrogens is 241 g/mol. The van der Waals surface area contributed by atoms with E-state index < -0.39 is 12.7 Å². The molecule has 1 fully saturated rings. The van der Waals surface area contributed by atoms with Crippen molar-refractivity contribution in [1.29, 1.82) is 0 Å². The van der Waals surface area contributed by atoms with Crippen LogP contribution in [0, 0.1) is 5.41 Å². The molecular formula is C13H25F3N2. The lowest BCUT2D eigenvalue weighted by Crippen LogP contribution is -2.45. The number of rotatable bonds is 8. The summed E-state index contributed by atoms with van der Waals surface area (Å²) in [7, 11) is 1.56. The first kappa shape index (κ1) is 15.8. The number of nitrogens with one attached hydrogen (secondary N) is 1. The summed E-state index contributed by atoms with van der Waals surface area (Å²) >= 11 is 0. The zero-order valence-corrected chi connectivity index (χ0v) is 11.6. The van der Waals surface area contributed by atoms with Crippen LogP contribution in [-0.2, 0) is 0 Å². The molecule has 0 bridgehead atoms. The standard InChI is InChI=1S/C13H25F3N2/c1-4-12(5-2,8-17-11-6-7-11)9-18(3)10-13(14,15)16/h11,17H,4-10H2,1-3H3. The van der Waals surface area contributed by atoms with Crippen LogP contribution in [0.15, 0.2) is 0 Å². The van der Waals surface area contributed by atoms with Gasteiger partial charge in [-0.05, 0) is 38.1 Å². The highest BCUT2D eigenvalue weighted by molar-refractivity contribution is 4.88. The van der Waals surface area contributed by atoms with Crippen LogP contribution >= 0.6 is 0 Å². The fraction of sp³-hybridized carbons (Fsp3) is 1.00. The van der Waals surface area contributed by atoms with E-state index in [1.165, 1.54) is 17.7 Å². The molecule has 0 aromatic rings. The van der Waals surface area contributed by atoms with Gasteiger partial charge in [-0.3, -0.25) is 4.90 Å². The highest BCUT2D eigenvalue weighted by Crippen LogP contribution is 2.29. The summed E-state index contributed by atoms with van der Waals surface area (Å²) in [4.78, 5) is 1.40. The summed E-state index contributed by atoms with van der Waals surface area (Å²) in [5, 5.41) is 3.46. The van der Waals surface area contributed by atoms with Gasteiger partial charge in [-0.1, -0.05) is 13.8 Å². The minimum atomic E-state index is -4.11. The van der Waals surface area contributed by atoms with E-state index in [1.807, 2.05) is 0 Å². The predicted molar refractivity (Wildman–Crippen MR) is 67.6 cm³/mol. The van der Waals surface area contributed by atoms with Crippen molar-refractivity contribution in [3.63, 3.8) is 0 Å². The summed E-state index contributed by atoms with van der Waals surface area (Å²) in [6, 6.07) is 0.607. The normalized spacial score (nSPS) is 17.5. The Kier molecular flexibility index (Phi) is 5.46. The summed E-state index contributed by atoms with van der Waals surface area (Å²) in [5.41, 5.74) is -0.0391. The average molecular weight is 266 g/mol. The van der Waals surface area contributed by atoms with Crippen molar-refractivity contribution in [2.75, 3.05) is 26.7 Å². The quantitative estimate of drug-likeness (QED) is 0.726. The van der Waals surface area contributed by atoms with Crippen LogP contribution in [0.5, 0.6) is 0 Å². The fourth-order valence-electron chi connectivity index (χ4n) is 2.36. The van der Waals surface area contributed by atoms with E-state index in [4.69, 9.17) is 0 Å². The Hall–Kier alpha value is -0.290. The molecule has 0 atom stereocenters. The highest BCUT2D eigenvalue weighted by atomic mass is 19.4. The van der Waals surface area contributed by atoms with Crippen molar-refractivity contribution >= 4 is 0 Å². The third kappa shape index (κ3) is 5.57. The Balaban J connectivity index is 2.48. The van der Waals surface area contributed by atoms with Gasteiger partial charge in [0.2, 0.25) is 0 Å². The van der Waals surface area contributed by atoms with Gasteiger partial charge in [0.25, 0.3) is 0 Å². The third-order valence-electron chi connectivity index (χ3n) is 3.90. The van der Waals surface area contributed by atoms with E-state index >= 15 is 0 Å². The minimum Gasteiger partial charge on any atom is -0.313 e. The maximum atomic E-state index is 12.4. The first-order valence-corrected chi connectivity index (χ1v) is 6.79. The van der Waals surface area contributed by atoms with Gasteiger partial charge in [-0.15, -0.1) is 0 Å². The topological polar surface area (TPSA) is 15.3 Å². The van der Waals surface area contributed by atoms with E-state index in [9.17, 15) is 13.2 Å². The van der Waals surface area contributed by atoms with E-state index in [1.54, 1.807) is 7.05 Å². The zero-order valence-electron chi connectivity index (χ0n) is 11.6. The second kappa shape index (κ2) is 6.24. The summed E-state index contributed by atoms with van der Waals surface area (Å²) in [6.45, 7) is 4.64. The van der Waals surface area contributed by atoms with Crippen molar-refractivity contribution in [1.82, 2.24) is 10.2 Å². The van der Waals surface area contributed by atoms with E-state index in [2.05, 4.69) is 19.2 Å². The smallest absolute Gasteiger partial charge is 0.313 e. The lowest BCUT2D eigenvalue weighted by atomic mass is 9.81. The second-order valence-corrected chi connectivity index (χ2v) is 5.65. The number of halogens is 3. The molecule has 0 aliphatic heterocycles. The minimum absolute atomic E-state index is 0.0391. The molecule has 108 valence electrons. The van der Waals surface area contributed by atoms with Gasteiger partial charge >= 0.3 is 6.18 Å². The summed E-state index contributed by atoms with van der Waals surface area (Å²) < 4.78 is 37.1. The molecule has 0 aromatic carbocycles. The summed E-state index contributed by atoms with van der Waals surface area (Å²) in [5.74, 6) is 0. The van der Waals surface area contributed by atoms with E-state index in [-0.39, 0.29) is 5.41 Å². The fourth-order valence-corrected chi connectivity index (χ4v) is 2.36. The van der Waals surface area contributed by atoms with Gasteiger partial charge in [0, 0.05) is 19.1 Å². The van der Waals surface area contributed by atoms with Crippen molar-refractivity contribution in [2.45, 2.75) is 51.7 Å². The largest absolute Gasteiger partial charge is 0.401 e. The van der Waals surface area contributed by atoms with Crippen molar-refractivity contribution in [3.8, 4) is 0 Å². The molecule has 1 aliphatic carbocycles. The molecule has 0 amide bonds. The zero-order chi connectivity index (χ0) is 13.8. The van der Waals surface area contributed by atoms with Crippen LogP contribution in [0.4, 0.5) is 13.2 Å². The predicted octanol–water partition coefficient (Wildman–Crippen LogP) is 3.04. The van der Waals surface area contributed by atoms with Crippen LogP contribution in [0.25, 0.3) is 0 Å². The molecule has 0 aromatic heterocycles. The number of hydrogen-bond donors (Lipinski definition) is 1. The molecule has 1 rings (SSSR count). The Labute approximate surface area is 108 Å². The van der Waals surface area contributed by atoms with Gasteiger partial charge in [0.1, 0.15) is 0 Å². The van der Waals surface area contributed by atoms with Crippen molar-refractivity contribution in [3.05, 3.63) is 0 Å². The van der Waals surface area contributed by atoms with E-state index in [0.717, 1.165) is 19.4 Å². The molecule has 0 spiro atoms. The summed E-state index contributed by atoms with van der Waals surface area (Å²) in [6.07, 6.45) is 0.131. The van der Waals surface area contributed by atoms with Crippen molar-refractivity contribution < 1.29 is 13.2 Å². The number of alkyl halides is 3. The number of nitrogens with zero attached hydrogens (tertiary/aromatic N) is 1. The molecule has 1 aliphatic rings. The molecule has 5 heteroatoms. The van der Waals surface area contributed by atoms with Gasteiger partial charge in [-0.2, -0.15) is 13.2 Å². The lowest BCUT2D eigenvalue weighted by molar-refractivity contribution is -0.146. The van der Waals surface area contributed by atoms with Crippen LogP contribution in [0.3, 0.4) is 0 Å². The Morgan fingerprint density at radius 1 is 1.11 bits per heavy atom. The number of hydrogen-bond acceptors (Lipinski definition) is 2. The second-order valence-electron chi connectivity index (χ2n) is 5.65. The molecule has 2 nitrogen and oxygen atoms in total. The average Bonchev–Trinajstić information content (AvgIpc) is 3.05. The first-order chi connectivity index (χ1) is 8.30. The van der Waals surface area contributed by atoms with Gasteiger partial charge in [-0.25, -0.2) is 0 Å². The molecule has 18 heavy (non-hydrogen) atoms. The van der Waals surface area contributed by atoms with Gasteiger partial charge in [0.15, 0.2) is 0 Å². The molecule has 0 unspecified atom stereocenters. The SMILES string of the molecule is CCC(CC)(CNC1CC1)CN(C)CC(F)(F)F. The van der Waals surface area contributed by atoms with Crippen LogP contribution in [0.1, 0.15) is 39.5 Å². The molecule has 1 N–H and O–H groups in total. The maximum absolute atomic E-state index is 12.4. The molecule has 1 saturated carbocycles. The van der Waals surface area contributed by atoms with Crippen LogP contribution in [-0.4, -0.2) is 43.8 Å². The van der Waals surface area contributed by atoms with Gasteiger partial charge < -0.3 is 5.32 Å². The highest BCUT2D eigenvalue weighted by Gasteiger charge is 2.35. The monoisotopic (exact) mass is 266 g/mol. The van der Waals surface area contributed by atoms with Crippen molar-refractivity contribution in [2.24, 2.45) is 5.41 Å². The third-order valence-corrected chi connectivity index (χ3v) is 3.90. The lowest BCUT2D eigenvalue weighted by Gasteiger charge is -2.36. The maximum Gasteiger partial charge on any atom is 0.401 e. The van der Waals surface area contributed by atoms with Crippen LogP contribution < -0.4 is 5.32 Å². The Morgan fingerprint density at radius 3 is 2.06 bits per heavy atom. The van der Waals surface area contributed by atoms with Gasteiger partial charge in [0.05, 0.1) is 6.54 Å². The molecule has 0 radical (unpaired) electrons. The molecule has 0 heterocycles. The molecule has 0 saturated heterocycles. The Morgan fingerprint density at radius 2 is 1.67 bits per heavy atom.